The number of aromatic nitrogens is 1. The Labute approximate surface area is 212 Å². The molecule has 0 amide bonds. The van der Waals surface area contributed by atoms with E-state index in [-0.39, 0.29) is 6.61 Å². The summed E-state index contributed by atoms with van der Waals surface area (Å²) >= 11 is 1.51. The second-order valence-electron chi connectivity index (χ2n) is 8.90. The maximum Gasteiger partial charge on any atom is 0.133 e. The summed E-state index contributed by atoms with van der Waals surface area (Å²) in [4.78, 5) is 17.6. The van der Waals surface area contributed by atoms with E-state index in [1.54, 1.807) is 0 Å². The molecule has 3 aromatic rings. The topological polar surface area (TPSA) is 69.1 Å². The minimum atomic E-state index is 0.214. The van der Waals surface area contributed by atoms with Crippen LogP contribution < -0.4 is 9.64 Å². The maximum atomic E-state index is 10.7. The van der Waals surface area contributed by atoms with Crippen LogP contribution in [-0.2, 0) is 4.79 Å². The fourth-order valence-corrected chi connectivity index (χ4v) is 5.36. The zero-order valence-corrected chi connectivity index (χ0v) is 21.4. The lowest BCUT2D eigenvalue weighted by molar-refractivity contribution is -0.108. The molecule has 1 aliphatic rings. The summed E-state index contributed by atoms with van der Waals surface area (Å²) in [5.41, 5.74) is 3.35. The molecule has 0 atom stereocenters. The Morgan fingerprint density at radius 2 is 1.89 bits per heavy atom. The molecule has 0 aliphatic carbocycles. The number of anilines is 1. The largest absolute Gasteiger partial charge is 0.494 e. The highest BCUT2D eigenvalue weighted by Gasteiger charge is 2.17. The molecule has 2 aromatic carbocycles. The number of unbranched alkanes of at least 4 members (excludes halogenated alkanes) is 1. The Morgan fingerprint density at radius 1 is 1.09 bits per heavy atom. The first kappa shape index (κ1) is 25.6. The third kappa shape index (κ3) is 6.79. The van der Waals surface area contributed by atoms with E-state index >= 15 is 0 Å². The summed E-state index contributed by atoms with van der Waals surface area (Å²) in [5.74, 6) is 0.888. The second-order valence-corrected chi connectivity index (χ2v) is 9.71. The van der Waals surface area contributed by atoms with Crippen LogP contribution in [-0.4, -0.2) is 91.1 Å². The van der Waals surface area contributed by atoms with Gasteiger partial charge in [-0.3, -0.25) is 4.90 Å². The van der Waals surface area contributed by atoms with E-state index in [4.69, 9.17) is 14.2 Å². The number of hydrogen-bond acceptors (Lipinski definition) is 8. The van der Waals surface area contributed by atoms with Crippen molar-refractivity contribution in [1.82, 2.24) is 14.2 Å². The first-order chi connectivity index (χ1) is 17.2. The second kappa shape index (κ2) is 13.0. The number of hydrogen-bond donors (Lipinski definition) is 1. The van der Waals surface area contributed by atoms with E-state index in [1.165, 1.54) is 17.2 Å². The molecule has 0 unspecified atom stereocenters. The van der Waals surface area contributed by atoms with Crippen molar-refractivity contribution in [2.45, 2.75) is 19.8 Å². The van der Waals surface area contributed by atoms with Gasteiger partial charge in [-0.2, -0.15) is 4.37 Å². The van der Waals surface area contributed by atoms with Crippen molar-refractivity contribution in [3.05, 3.63) is 42.5 Å². The van der Waals surface area contributed by atoms with Gasteiger partial charge in [0.05, 0.1) is 30.2 Å². The van der Waals surface area contributed by atoms with Crippen LogP contribution in [0.4, 0.5) is 5.69 Å². The van der Waals surface area contributed by atoms with Gasteiger partial charge < -0.3 is 24.4 Å². The minimum Gasteiger partial charge on any atom is -0.494 e. The Hall–Kier alpha value is -2.52. The lowest BCUT2D eigenvalue weighted by Crippen LogP contribution is -2.46. The molecule has 4 rings (SSSR count). The molecule has 0 bridgehead atoms. The molecule has 0 radical (unpaired) electrons. The van der Waals surface area contributed by atoms with Crippen LogP contribution in [0, 0.1) is 0 Å². The standard InChI is InChI=1S/C27H36N4O3S/c1-2-29(16-18-32)11-3-4-20-34-24-9-10-25-26(21-24)35-28-27(25)22-5-7-23(8-6-22)31-14-12-30(13-15-31)17-19-33/h5-10,19,21,32H,2-4,11-18,20H2,1H3. The van der Waals surface area contributed by atoms with Crippen molar-refractivity contribution in [3.8, 4) is 17.0 Å². The van der Waals surface area contributed by atoms with Crippen LogP contribution >= 0.6 is 11.5 Å². The lowest BCUT2D eigenvalue weighted by Gasteiger charge is -2.35. The Balaban J connectivity index is 1.31. The zero-order valence-electron chi connectivity index (χ0n) is 20.6. The number of nitrogens with zero attached hydrogens (tertiary/aromatic N) is 4. The summed E-state index contributed by atoms with van der Waals surface area (Å²) in [6.45, 7) is 9.98. The number of carbonyl (C=O) groups excluding carboxylic acids is 1. The highest BCUT2D eigenvalue weighted by atomic mass is 32.1. The Morgan fingerprint density at radius 3 is 2.60 bits per heavy atom. The van der Waals surface area contributed by atoms with Crippen molar-refractivity contribution < 1.29 is 14.6 Å². The molecule has 0 saturated carbocycles. The summed E-state index contributed by atoms with van der Waals surface area (Å²) in [5, 5.41) is 10.2. The molecule has 1 N–H and O–H groups in total. The van der Waals surface area contributed by atoms with E-state index in [0.29, 0.717) is 13.2 Å². The number of fused-ring (bicyclic) bond motifs is 1. The number of aliphatic hydroxyl groups is 1. The van der Waals surface area contributed by atoms with Crippen molar-refractivity contribution in [2.75, 3.05) is 70.5 Å². The molecule has 35 heavy (non-hydrogen) atoms. The van der Waals surface area contributed by atoms with Gasteiger partial charge >= 0.3 is 0 Å². The Kier molecular flexibility index (Phi) is 9.48. The first-order valence-corrected chi connectivity index (χ1v) is 13.4. The summed E-state index contributed by atoms with van der Waals surface area (Å²) in [7, 11) is 0. The molecule has 188 valence electrons. The maximum absolute atomic E-state index is 10.7. The number of aldehydes is 1. The number of rotatable bonds is 13. The lowest BCUT2D eigenvalue weighted by atomic mass is 10.1. The van der Waals surface area contributed by atoms with Gasteiger partial charge in [0.15, 0.2) is 0 Å². The number of likely N-dealkylation sites (N-methyl/N-ethyl adjacent to an activating group) is 1. The van der Waals surface area contributed by atoms with E-state index in [0.717, 1.165) is 92.0 Å². The molecule has 2 heterocycles. The van der Waals surface area contributed by atoms with Gasteiger partial charge in [0.25, 0.3) is 0 Å². The quantitative estimate of drug-likeness (QED) is 0.285. The van der Waals surface area contributed by atoms with Crippen LogP contribution in [0.1, 0.15) is 19.8 Å². The first-order valence-electron chi connectivity index (χ1n) is 12.6. The van der Waals surface area contributed by atoms with Crippen LogP contribution in [0.15, 0.2) is 42.5 Å². The number of ether oxygens (including phenoxy) is 1. The molecule has 8 heteroatoms. The van der Waals surface area contributed by atoms with Gasteiger partial charge in [-0.1, -0.05) is 19.1 Å². The fraction of sp³-hybridized carbons (Fsp3) is 0.481. The number of piperazine rings is 1. The monoisotopic (exact) mass is 496 g/mol. The smallest absolute Gasteiger partial charge is 0.133 e. The van der Waals surface area contributed by atoms with Gasteiger partial charge in [0.1, 0.15) is 12.0 Å². The molecule has 1 aliphatic heterocycles. The van der Waals surface area contributed by atoms with Crippen LogP contribution in [0.3, 0.4) is 0 Å². The number of carbonyl (C=O) groups is 1. The highest BCUT2D eigenvalue weighted by Crippen LogP contribution is 2.34. The number of aliphatic hydroxyl groups excluding tert-OH is 1. The summed E-state index contributed by atoms with van der Waals surface area (Å²) in [6.07, 6.45) is 3.04. The molecule has 1 fully saturated rings. The molecule has 0 spiro atoms. The van der Waals surface area contributed by atoms with Crippen LogP contribution in [0.5, 0.6) is 5.75 Å². The predicted molar refractivity (Wildman–Crippen MR) is 144 cm³/mol. The van der Waals surface area contributed by atoms with Crippen LogP contribution in [0.25, 0.3) is 21.3 Å². The SMILES string of the molecule is CCN(CCO)CCCCOc1ccc2c(-c3ccc(N4CCN(CC=O)CC4)cc3)nsc2c1. The van der Waals surface area contributed by atoms with Crippen LogP contribution in [0.2, 0.25) is 0 Å². The number of benzene rings is 2. The van der Waals surface area contributed by atoms with Gasteiger partial charge in [-0.05, 0) is 67.8 Å². The van der Waals surface area contributed by atoms with Crippen molar-refractivity contribution in [3.63, 3.8) is 0 Å². The molecular weight excluding hydrogens is 460 g/mol. The van der Waals surface area contributed by atoms with Gasteiger partial charge in [0.2, 0.25) is 0 Å². The molecular formula is C27H36N4O3S. The van der Waals surface area contributed by atoms with Gasteiger partial charge in [-0.25, -0.2) is 0 Å². The Bertz CT molecular complexity index is 1060. The minimum absolute atomic E-state index is 0.214. The summed E-state index contributed by atoms with van der Waals surface area (Å²) in [6, 6.07) is 14.9. The van der Waals surface area contributed by atoms with Gasteiger partial charge in [-0.15, -0.1) is 0 Å². The third-order valence-corrected chi connectivity index (χ3v) is 7.46. The van der Waals surface area contributed by atoms with E-state index in [9.17, 15) is 4.79 Å². The third-order valence-electron chi connectivity index (χ3n) is 6.66. The average Bonchev–Trinajstić information content (AvgIpc) is 3.32. The highest BCUT2D eigenvalue weighted by molar-refractivity contribution is 7.13. The van der Waals surface area contributed by atoms with E-state index in [1.807, 2.05) is 6.07 Å². The van der Waals surface area contributed by atoms with Crippen molar-refractivity contribution in [1.29, 1.82) is 0 Å². The fourth-order valence-electron chi connectivity index (χ4n) is 4.54. The molecule has 1 saturated heterocycles. The average molecular weight is 497 g/mol. The predicted octanol–water partition coefficient (Wildman–Crippen LogP) is 3.76. The van der Waals surface area contributed by atoms with Crippen molar-refractivity contribution in [2.24, 2.45) is 0 Å². The molecule has 7 nitrogen and oxygen atoms in total. The van der Waals surface area contributed by atoms with E-state index in [2.05, 4.69) is 58.0 Å². The normalized spacial score (nSPS) is 14.7. The van der Waals surface area contributed by atoms with E-state index < -0.39 is 0 Å². The molecule has 1 aromatic heterocycles. The van der Waals surface area contributed by atoms with Gasteiger partial charge in [0, 0.05) is 49.4 Å². The zero-order chi connectivity index (χ0) is 24.5. The summed E-state index contributed by atoms with van der Waals surface area (Å²) < 4.78 is 11.9. The van der Waals surface area contributed by atoms with Crippen molar-refractivity contribution >= 4 is 33.6 Å².